The fraction of sp³-hybridized carbons (Fsp3) is 0.500. The number of halogens is 2. The maximum Gasteiger partial charge on any atom is 0.316 e. The van der Waals surface area contributed by atoms with Crippen LogP contribution in [-0.4, -0.2) is 33.4 Å². The highest BCUT2D eigenvalue weighted by Gasteiger charge is 2.45. The second-order valence-corrected chi connectivity index (χ2v) is 4.66. The van der Waals surface area contributed by atoms with Crippen molar-refractivity contribution in [2.75, 3.05) is 27.4 Å². The number of esters is 1. The zero-order valence-electron chi connectivity index (χ0n) is 11.4. The first-order valence-corrected chi connectivity index (χ1v) is 6.25. The van der Waals surface area contributed by atoms with Crippen molar-refractivity contribution < 1.29 is 27.8 Å². The summed E-state index contributed by atoms with van der Waals surface area (Å²) in [6.07, 6.45) is 0.479. The van der Waals surface area contributed by atoms with E-state index in [4.69, 9.17) is 14.2 Å². The average Bonchev–Trinajstić information content (AvgIpc) is 2.48. The van der Waals surface area contributed by atoms with E-state index < -0.39 is 23.0 Å². The minimum atomic E-state index is -1.23. The van der Waals surface area contributed by atoms with Gasteiger partial charge in [-0.3, -0.25) is 4.79 Å². The molecule has 0 spiro atoms. The summed E-state index contributed by atoms with van der Waals surface area (Å²) in [6, 6.07) is 1.98. The topological polar surface area (TPSA) is 44.8 Å². The van der Waals surface area contributed by atoms with Crippen LogP contribution in [0.5, 0.6) is 5.75 Å². The molecule has 0 aromatic heterocycles. The molecule has 6 heteroatoms. The fourth-order valence-corrected chi connectivity index (χ4v) is 2.56. The SMILES string of the molecule is COC(=O)C1(c2cc(F)cc(OC)c2F)CCOCC1. The lowest BCUT2D eigenvalue weighted by atomic mass is 9.73. The van der Waals surface area contributed by atoms with E-state index in [0.29, 0.717) is 0 Å². The number of benzene rings is 1. The summed E-state index contributed by atoms with van der Waals surface area (Å²) >= 11 is 0. The highest BCUT2D eigenvalue weighted by atomic mass is 19.1. The number of hydrogen-bond donors (Lipinski definition) is 0. The van der Waals surface area contributed by atoms with E-state index in [2.05, 4.69) is 0 Å². The first kappa shape index (κ1) is 14.7. The average molecular weight is 286 g/mol. The van der Waals surface area contributed by atoms with Crippen LogP contribution in [0.2, 0.25) is 0 Å². The summed E-state index contributed by atoms with van der Waals surface area (Å²) in [5, 5.41) is 0. The Morgan fingerprint density at radius 1 is 1.25 bits per heavy atom. The monoisotopic (exact) mass is 286 g/mol. The smallest absolute Gasteiger partial charge is 0.316 e. The predicted octanol–water partition coefficient (Wildman–Crippen LogP) is 2.19. The summed E-state index contributed by atoms with van der Waals surface area (Å²) < 4.78 is 42.9. The third-order valence-corrected chi connectivity index (χ3v) is 3.66. The Bertz CT molecular complexity index is 510. The first-order valence-electron chi connectivity index (χ1n) is 6.25. The molecular weight excluding hydrogens is 270 g/mol. The third-order valence-electron chi connectivity index (χ3n) is 3.66. The van der Waals surface area contributed by atoms with E-state index >= 15 is 0 Å². The van der Waals surface area contributed by atoms with Crippen LogP contribution in [0.4, 0.5) is 8.78 Å². The summed E-state index contributed by atoms with van der Waals surface area (Å²) in [5.41, 5.74) is -1.27. The van der Waals surface area contributed by atoms with Gasteiger partial charge >= 0.3 is 5.97 Å². The Morgan fingerprint density at radius 2 is 1.90 bits per heavy atom. The van der Waals surface area contributed by atoms with Gasteiger partial charge in [0.1, 0.15) is 11.2 Å². The van der Waals surface area contributed by atoms with Gasteiger partial charge in [0.25, 0.3) is 0 Å². The molecule has 4 nitrogen and oxygen atoms in total. The highest BCUT2D eigenvalue weighted by Crippen LogP contribution is 2.40. The first-order chi connectivity index (χ1) is 9.55. The standard InChI is InChI=1S/C14H16F2O4/c1-18-11-8-9(15)7-10(12(11)16)14(13(17)19-2)3-5-20-6-4-14/h7-8H,3-6H2,1-2H3. The van der Waals surface area contributed by atoms with Gasteiger partial charge in [0.2, 0.25) is 0 Å². The Hall–Kier alpha value is -1.69. The van der Waals surface area contributed by atoms with Crippen molar-refractivity contribution in [2.24, 2.45) is 0 Å². The third kappa shape index (κ3) is 2.35. The van der Waals surface area contributed by atoms with Gasteiger partial charge in [-0.05, 0) is 18.9 Å². The summed E-state index contributed by atoms with van der Waals surface area (Å²) in [5.74, 6) is -2.21. The zero-order chi connectivity index (χ0) is 14.8. The maximum atomic E-state index is 14.4. The lowest BCUT2D eigenvalue weighted by molar-refractivity contribution is -0.151. The Balaban J connectivity index is 2.59. The second kappa shape index (κ2) is 5.75. The number of methoxy groups -OCH3 is 2. The van der Waals surface area contributed by atoms with Crippen molar-refractivity contribution in [3.05, 3.63) is 29.3 Å². The van der Waals surface area contributed by atoms with Crippen LogP contribution in [0.3, 0.4) is 0 Å². The molecule has 1 heterocycles. The summed E-state index contributed by atoms with van der Waals surface area (Å²) in [4.78, 5) is 12.1. The van der Waals surface area contributed by atoms with E-state index in [1.165, 1.54) is 14.2 Å². The highest BCUT2D eigenvalue weighted by molar-refractivity contribution is 5.83. The van der Waals surface area contributed by atoms with Crippen LogP contribution in [-0.2, 0) is 19.7 Å². The molecule has 0 amide bonds. The molecule has 1 aliphatic rings. The van der Waals surface area contributed by atoms with Crippen LogP contribution in [0.1, 0.15) is 18.4 Å². The molecule has 0 unspecified atom stereocenters. The lowest BCUT2D eigenvalue weighted by Crippen LogP contribution is -2.43. The van der Waals surface area contributed by atoms with Crippen LogP contribution in [0.25, 0.3) is 0 Å². The normalized spacial score (nSPS) is 17.6. The van der Waals surface area contributed by atoms with Gasteiger partial charge in [-0.1, -0.05) is 0 Å². The van der Waals surface area contributed by atoms with Crippen molar-refractivity contribution >= 4 is 5.97 Å². The van der Waals surface area contributed by atoms with Crippen molar-refractivity contribution in [3.8, 4) is 5.75 Å². The number of rotatable bonds is 3. The molecule has 0 N–H and O–H groups in total. The molecule has 0 atom stereocenters. The van der Waals surface area contributed by atoms with Gasteiger partial charge in [-0.15, -0.1) is 0 Å². The molecule has 1 aliphatic heterocycles. The van der Waals surface area contributed by atoms with Crippen LogP contribution in [0, 0.1) is 11.6 Å². The lowest BCUT2D eigenvalue weighted by Gasteiger charge is -2.35. The Labute approximate surface area is 115 Å². The van der Waals surface area contributed by atoms with E-state index in [9.17, 15) is 13.6 Å². The van der Waals surface area contributed by atoms with Crippen molar-refractivity contribution in [3.63, 3.8) is 0 Å². The Morgan fingerprint density at radius 3 is 2.45 bits per heavy atom. The molecule has 0 bridgehead atoms. The fourth-order valence-electron chi connectivity index (χ4n) is 2.56. The van der Waals surface area contributed by atoms with Gasteiger partial charge in [0.05, 0.1) is 14.2 Å². The predicted molar refractivity (Wildman–Crippen MR) is 66.7 cm³/mol. The van der Waals surface area contributed by atoms with Crippen molar-refractivity contribution in [1.29, 1.82) is 0 Å². The Kier molecular flexibility index (Phi) is 4.23. The number of ether oxygens (including phenoxy) is 3. The minimum Gasteiger partial charge on any atom is -0.494 e. The van der Waals surface area contributed by atoms with Crippen LogP contribution in [0.15, 0.2) is 12.1 Å². The van der Waals surface area contributed by atoms with E-state index in [1.54, 1.807) is 0 Å². The second-order valence-electron chi connectivity index (χ2n) is 4.66. The van der Waals surface area contributed by atoms with E-state index in [0.717, 1.165) is 12.1 Å². The molecule has 0 radical (unpaired) electrons. The molecule has 1 aromatic carbocycles. The van der Waals surface area contributed by atoms with Gasteiger partial charge in [-0.25, -0.2) is 8.78 Å². The maximum absolute atomic E-state index is 14.4. The molecule has 20 heavy (non-hydrogen) atoms. The molecule has 1 saturated heterocycles. The molecule has 0 saturated carbocycles. The van der Waals surface area contributed by atoms with Crippen LogP contribution >= 0.6 is 0 Å². The number of carbonyl (C=O) groups is 1. The van der Waals surface area contributed by atoms with Crippen molar-refractivity contribution in [2.45, 2.75) is 18.3 Å². The van der Waals surface area contributed by atoms with Crippen molar-refractivity contribution in [1.82, 2.24) is 0 Å². The summed E-state index contributed by atoms with van der Waals surface area (Å²) in [6.45, 7) is 0.570. The molecule has 110 valence electrons. The van der Waals surface area contributed by atoms with Crippen LogP contribution < -0.4 is 4.74 Å². The van der Waals surface area contributed by atoms with E-state index in [1.807, 2.05) is 0 Å². The van der Waals surface area contributed by atoms with Gasteiger partial charge < -0.3 is 14.2 Å². The molecular formula is C14H16F2O4. The zero-order valence-corrected chi connectivity index (χ0v) is 11.4. The van der Waals surface area contributed by atoms with Gasteiger partial charge in [0.15, 0.2) is 11.6 Å². The quantitative estimate of drug-likeness (QED) is 0.799. The number of hydrogen-bond acceptors (Lipinski definition) is 4. The minimum absolute atomic E-state index is 0.0375. The molecule has 1 fully saturated rings. The van der Waals surface area contributed by atoms with Gasteiger partial charge in [-0.2, -0.15) is 0 Å². The largest absolute Gasteiger partial charge is 0.494 e. The number of carbonyl (C=O) groups excluding carboxylic acids is 1. The molecule has 2 rings (SSSR count). The van der Waals surface area contributed by atoms with Gasteiger partial charge in [0, 0.05) is 24.8 Å². The summed E-state index contributed by atoms with van der Waals surface area (Å²) in [7, 11) is 2.48. The molecule has 0 aliphatic carbocycles. The molecule has 1 aromatic rings. The van der Waals surface area contributed by atoms with E-state index in [-0.39, 0.29) is 37.4 Å².